The van der Waals surface area contributed by atoms with Gasteiger partial charge in [0, 0.05) is 22.3 Å². The van der Waals surface area contributed by atoms with Crippen LogP contribution in [-0.2, 0) is 10.0 Å². The molecule has 2 aromatic heterocycles. The van der Waals surface area contributed by atoms with E-state index in [9.17, 15) is 13.2 Å². The van der Waals surface area contributed by atoms with E-state index >= 15 is 0 Å². The molecule has 158 valence electrons. The number of carbonyl (C=O) groups excluding carboxylic acids is 1. The number of sulfonamides is 1. The van der Waals surface area contributed by atoms with Gasteiger partial charge in [0.1, 0.15) is 11.4 Å². The minimum absolute atomic E-state index is 0.0471. The molecule has 0 atom stereocenters. The van der Waals surface area contributed by atoms with Gasteiger partial charge in [0.15, 0.2) is 5.65 Å². The predicted octanol–water partition coefficient (Wildman–Crippen LogP) is 3.90. The van der Waals surface area contributed by atoms with Crippen LogP contribution in [0.15, 0.2) is 41.6 Å². The average Bonchev–Trinajstić information content (AvgIpc) is 3.11. The highest BCUT2D eigenvalue weighted by Gasteiger charge is 2.21. The maximum atomic E-state index is 12.7. The molecule has 3 aromatic rings. The van der Waals surface area contributed by atoms with E-state index in [1.165, 1.54) is 47.6 Å². The number of nitrogens with zero attached hydrogens (tertiary/aromatic N) is 3. The second kappa shape index (κ2) is 8.41. The standard InChI is InChI=1S/C19H19Cl2N5O3S/c20-12-8-13(21)10-15(9-12)30(28,29)25-17-6-7-26-18(24-17)16(11-22-26)19(27)23-14-4-2-1-3-5-14/h6-11,14H,1-5H2,(H,23,27)(H,24,25). The van der Waals surface area contributed by atoms with Gasteiger partial charge in [-0.15, -0.1) is 0 Å². The highest BCUT2D eigenvalue weighted by molar-refractivity contribution is 7.92. The van der Waals surface area contributed by atoms with Gasteiger partial charge in [-0.25, -0.2) is 17.9 Å². The molecule has 0 saturated heterocycles. The second-order valence-corrected chi connectivity index (χ2v) is 9.71. The minimum Gasteiger partial charge on any atom is -0.349 e. The van der Waals surface area contributed by atoms with E-state index in [1.54, 1.807) is 0 Å². The summed E-state index contributed by atoms with van der Waals surface area (Å²) in [5.74, 6) is -0.225. The van der Waals surface area contributed by atoms with Crippen molar-refractivity contribution in [3.05, 3.63) is 52.3 Å². The zero-order chi connectivity index (χ0) is 21.3. The number of benzene rings is 1. The fourth-order valence-corrected chi connectivity index (χ4v) is 5.20. The Morgan fingerprint density at radius 1 is 1.10 bits per heavy atom. The van der Waals surface area contributed by atoms with E-state index in [1.807, 2.05) is 0 Å². The van der Waals surface area contributed by atoms with Crippen LogP contribution in [-0.4, -0.2) is 35.0 Å². The molecule has 1 saturated carbocycles. The summed E-state index contributed by atoms with van der Waals surface area (Å²) in [4.78, 5) is 16.9. The van der Waals surface area contributed by atoms with E-state index < -0.39 is 10.0 Å². The lowest BCUT2D eigenvalue weighted by Crippen LogP contribution is -2.36. The molecule has 2 N–H and O–H groups in total. The topological polar surface area (TPSA) is 105 Å². The third kappa shape index (κ3) is 4.53. The lowest BCUT2D eigenvalue weighted by Gasteiger charge is -2.22. The predicted molar refractivity (Wildman–Crippen MR) is 115 cm³/mol. The minimum atomic E-state index is -3.98. The summed E-state index contributed by atoms with van der Waals surface area (Å²) in [5, 5.41) is 7.55. The van der Waals surface area contributed by atoms with Crippen molar-refractivity contribution in [2.75, 3.05) is 4.72 Å². The Bertz CT molecular complexity index is 1190. The van der Waals surface area contributed by atoms with Crippen molar-refractivity contribution in [2.24, 2.45) is 0 Å². The van der Waals surface area contributed by atoms with Crippen molar-refractivity contribution in [3.8, 4) is 0 Å². The Hall–Kier alpha value is -2.36. The summed E-state index contributed by atoms with van der Waals surface area (Å²) < 4.78 is 29.2. The molecule has 1 aromatic carbocycles. The van der Waals surface area contributed by atoms with Gasteiger partial charge in [-0.05, 0) is 37.1 Å². The van der Waals surface area contributed by atoms with Crippen molar-refractivity contribution >= 4 is 50.6 Å². The van der Waals surface area contributed by atoms with Gasteiger partial charge in [0.2, 0.25) is 0 Å². The average molecular weight is 468 g/mol. The Morgan fingerprint density at radius 3 is 2.50 bits per heavy atom. The van der Waals surface area contributed by atoms with E-state index in [2.05, 4.69) is 20.1 Å². The summed E-state index contributed by atoms with van der Waals surface area (Å²) in [7, 11) is -3.98. The number of anilines is 1. The third-order valence-electron chi connectivity index (χ3n) is 4.94. The van der Waals surface area contributed by atoms with Crippen molar-refractivity contribution in [1.29, 1.82) is 0 Å². The molecule has 1 fully saturated rings. The van der Waals surface area contributed by atoms with Crippen LogP contribution >= 0.6 is 23.2 Å². The largest absolute Gasteiger partial charge is 0.349 e. The van der Waals surface area contributed by atoms with Gasteiger partial charge in [-0.1, -0.05) is 42.5 Å². The number of nitrogens with one attached hydrogen (secondary N) is 2. The molecule has 0 aliphatic heterocycles. The van der Waals surface area contributed by atoms with Crippen LogP contribution in [0.5, 0.6) is 0 Å². The van der Waals surface area contributed by atoms with E-state index in [0.29, 0.717) is 0 Å². The summed E-state index contributed by atoms with van der Waals surface area (Å²) in [5.41, 5.74) is 0.542. The van der Waals surface area contributed by atoms with Crippen LogP contribution in [0, 0.1) is 0 Å². The molecule has 1 amide bonds. The van der Waals surface area contributed by atoms with Gasteiger partial charge in [-0.3, -0.25) is 9.52 Å². The molecule has 0 unspecified atom stereocenters. The molecule has 2 heterocycles. The van der Waals surface area contributed by atoms with Gasteiger partial charge in [-0.2, -0.15) is 5.10 Å². The Kier molecular flexibility index (Phi) is 5.86. The number of amides is 1. The first-order chi connectivity index (χ1) is 14.3. The normalized spacial score (nSPS) is 15.3. The van der Waals surface area contributed by atoms with E-state index in [0.717, 1.165) is 25.7 Å². The number of aromatic nitrogens is 3. The highest BCUT2D eigenvalue weighted by atomic mass is 35.5. The zero-order valence-corrected chi connectivity index (χ0v) is 18.1. The number of hydrogen-bond acceptors (Lipinski definition) is 5. The summed E-state index contributed by atoms with van der Waals surface area (Å²) in [6.07, 6.45) is 8.23. The molecule has 30 heavy (non-hydrogen) atoms. The van der Waals surface area contributed by atoms with Crippen molar-refractivity contribution in [3.63, 3.8) is 0 Å². The summed E-state index contributed by atoms with van der Waals surface area (Å²) in [6.45, 7) is 0. The van der Waals surface area contributed by atoms with Gasteiger partial charge in [0.25, 0.3) is 15.9 Å². The van der Waals surface area contributed by atoms with Crippen molar-refractivity contribution in [2.45, 2.75) is 43.0 Å². The van der Waals surface area contributed by atoms with Crippen LogP contribution in [0.2, 0.25) is 10.0 Å². The number of hydrogen-bond donors (Lipinski definition) is 2. The molecule has 1 aliphatic carbocycles. The Balaban J connectivity index is 1.60. The maximum absolute atomic E-state index is 12.7. The van der Waals surface area contributed by atoms with Crippen LogP contribution < -0.4 is 10.0 Å². The molecule has 1 aliphatic rings. The second-order valence-electron chi connectivity index (χ2n) is 7.16. The van der Waals surface area contributed by atoms with E-state index in [4.69, 9.17) is 23.2 Å². The number of fused-ring (bicyclic) bond motifs is 1. The highest BCUT2D eigenvalue weighted by Crippen LogP contribution is 2.24. The molecule has 8 nitrogen and oxygen atoms in total. The molecule has 0 spiro atoms. The zero-order valence-electron chi connectivity index (χ0n) is 15.8. The number of carbonyl (C=O) groups is 1. The SMILES string of the molecule is O=C(NC1CCCCC1)c1cnn2ccc(NS(=O)(=O)c3cc(Cl)cc(Cl)c3)nc12. The van der Waals surface area contributed by atoms with Crippen LogP contribution in [0.3, 0.4) is 0 Å². The van der Waals surface area contributed by atoms with Crippen molar-refractivity contribution in [1.82, 2.24) is 19.9 Å². The number of rotatable bonds is 5. The molecule has 0 bridgehead atoms. The van der Waals surface area contributed by atoms with Gasteiger partial charge in [0.05, 0.1) is 11.1 Å². The first-order valence-corrected chi connectivity index (χ1v) is 11.7. The molecular formula is C19H19Cl2N5O3S. The molecule has 11 heteroatoms. The molecular weight excluding hydrogens is 449 g/mol. The Labute approximate surface area is 183 Å². The lowest BCUT2D eigenvalue weighted by molar-refractivity contribution is 0.0929. The van der Waals surface area contributed by atoms with E-state index in [-0.39, 0.29) is 43.9 Å². The summed E-state index contributed by atoms with van der Waals surface area (Å²) >= 11 is 11.8. The third-order valence-corrected chi connectivity index (χ3v) is 6.71. The summed E-state index contributed by atoms with van der Waals surface area (Å²) in [6, 6.07) is 5.60. The monoisotopic (exact) mass is 467 g/mol. The van der Waals surface area contributed by atoms with Crippen LogP contribution in [0.25, 0.3) is 5.65 Å². The van der Waals surface area contributed by atoms with Gasteiger partial charge >= 0.3 is 0 Å². The van der Waals surface area contributed by atoms with Gasteiger partial charge < -0.3 is 5.32 Å². The maximum Gasteiger partial charge on any atom is 0.263 e. The Morgan fingerprint density at radius 2 is 1.80 bits per heavy atom. The smallest absolute Gasteiger partial charge is 0.263 e. The van der Waals surface area contributed by atoms with Crippen LogP contribution in [0.1, 0.15) is 42.5 Å². The quantitative estimate of drug-likeness (QED) is 0.591. The fourth-order valence-electron chi connectivity index (χ4n) is 3.48. The fraction of sp³-hybridized carbons (Fsp3) is 0.316. The number of halogens is 2. The first-order valence-electron chi connectivity index (χ1n) is 9.46. The van der Waals surface area contributed by atoms with Crippen LogP contribution in [0.4, 0.5) is 5.82 Å². The molecule has 4 rings (SSSR count). The molecule has 0 radical (unpaired) electrons. The lowest BCUT2D eigenvalue weighted by atomic mass is 9.95. The van der Waals surface area contributed by atoms with Crippen molar-refractivity contribution < 1.29 is 13.2 Å². The first kappa shape index (κ1) is 20.9.